The van der Waals surface area contributed by atoms with Crippen molar-refractivity contribution >= 4 is 17.5 Å². The summed E-state index contributed by atoms with van der Waals surface area (Å²) >= 11 is 6.06. The van der Waals surface area contributed by atoms with E-state index in [1.54, 1.807) is 0 Å². The Hall–Kier alpha value is -1.06. The summed E-state index contributed by atoms with van der Waals surface area (Å²) in [7, 11) is 0. The maximum absolute atomic E-state index is 11.3. The smallest absolute Gasteiger partial charge is 0.220 e. The van der Waals surface area contributed by atoms with Gasteiger partial charge in [-0.05, 0) is 18.1 Å². The highest BCUT2D eigenvalue weighted by atomic mass is 35.5. The number of rotatable bonds is 1. The van der Waals surface area contributed by atoms with Gasteiger partial charge < -0.3 is 11.1 Å². The molecule has 0 aromatic heterocycles. The van der Waals surface area contributed by atoms with E-state index >= 15 is 0 Å². The summed E-state index contributed by atoms with van der Waals surface area (Å²) in [6.07, 6.45) is 1.21. The zero-order chi connectivity index (χ0) is 10.8. The number of benzene rings is 1. The van der Waals surface area contributed by atoms with Gasteiger partial charge in [-0.1, -0.05) is 29.8 Å². The van der Waals surface area contributed by atoms with Crippen LogP contribution in [0.2, 0.25) is 5.02 Å². The van der Waals surface area contributed by atoms with Gasteiger partial charge in [-0.15, -0.1) is 0 Å². The summed E-state index contributed by atoms with van der Waals surface area (Å²) in [5, 5.41) is 3.53. The lowest BCUT2D eigenvalue weighted by molar-refractivity contribution is -0.123. The van der Waals surface area contributed by atoms with Crippen LogP contribution in [0.4, 0.5) is 0 Å². The van der Waals surface area contributed by atoms with Gasteiger partial charge in [0.25, 0.3) is 0 Å². The number of nitrogens with two attached hydrogens (primary N) is 1. The number of carbonyl (C=O) groups is 1. The molecule has 1 aromatic carbocycles. The lowest BCUT2D eigenvalue weighted by Crippen LogP contribution is -2.45. The maximum Gasteiger partial charge on any atom is 0.220 e. The molecule has 2 atom stereocenters. The van der Waals surface area contributed by atoms with Crippen LogP contribution in [0.1, 0.15) is 24.4 Å². The molecule has 80 valence electrons. The van der Waals surface area contributed by atoms with Crippen LogP contribution in [0.25, 0.3) is 0 Å². The number of carbonyl (C=O) groups excluding carboxylic acids is 1. The zero-order valence-electron chi connectivity index (χ0n) is 8.24. The fourth-order valence-electron chi connectivity index (χ4n) is 1.85. The van der Waals surface area contributed by atoms with E-state index in [1.165, 1.54) is 0 Å². The Bertz CT molecular complexity index is 381. The molecule has 1 aromatic rings. The highest BCUT2D eigenvalue weighted by Gasteiger charge is 2.28. The van der Waals surface area contributed by atoms with Gasteiger partial charge in [0.05, 0.1) is 6.04 Å². The topological polar surface area (TPSA) is 55.1 Å². The van der Waals surface area contributed by atoms with Crippen molar-refractivity contribution in [3.63, 3.8) is 0 Å². The van der Waals surface area contributed by atoms with Crippen molar-refractivity contribution in [1.82, 2.24) is 5.32 Å². The predicted octanol–water partition coefficient (Wildman–Crippen LogP) is 1.62. The monoisotopic (exact) mass is 224 g/mol. The van der Waals surface area contributed by atoms with E-state index < -0.39 is 0 Å². The maximum atomic E-state index is 11.3. The van der Waals surface area contributed by atoms with Crippen LogP contribution in [0, 0.1) is 0 Å². The third kappa shape index (κ3) is 2.13. The van der Waals surface area contributed by atoms with Crippen molar-refractivity contribution in [2.24, 2.45) is 5.73 Å². The van der Waals surface area contributed by atoms with Crippen LogP contribution >= 0.6 is 11.6 Å². The molecule has 0 saturated carbocycles. The lowest BCUT2D eigenvalue weighted by Gasteiger charge is -2.30. The van der Waals surface area contributed by atoms with Gasteiger partial charge in [-0.25, -0.2) is 0 Å². The third-order valence-electron chi connectivity index (χ3n) is 2.69. The summed E-state index contributed by atoms with van der Waals surface area (Å²) in [6.45, 7) is 0. The first-order valence-electron chi connectivity index (χ1n) is 4.98. The van der Waals surface area contributed by atoms with Crippen LogP contribution in [0.3, 0.4) is 0 Å². The largest absolute Gasteiger partial charge is 0.348 e. The van der Waals surface area contributed by atoms with Crippen molar-refractivity contribution in [2.75, 3.05) is 0 Å². The number of halogens is 1. The highest BCUT2D eigenvalue weighted by Crippen LogP contribution is 2.28. The number of hydrogen-bond acceptors (Lipinski definition) is 2. The molecule has 4 heteroatoms. The fourth-order valence-corrected chi connectivity index (χ4v) is 2.11. The highest BCUT2D eigenvalue weighted by molar-refractivity contribution is 6.31. The summed E-state index contributed by atoms with van der Waals surface area (Å²) < 4.78 is 0. The van der Waals surface area contributed by atoms with Gasteiger partial charge in [0, 0.05) is 17.5 Å². The van der Waals surface area contributed by atoms with Crippen molar-refractivity contribution in [1.29, 1.82) is 0 Å². The third-order valence-corrected chi connectivity index (χ3v) is 3.03. The van der Waals surface area contributed by atoms with E-state index in [0.29, 0.717) is 17.9 Å². The Balaban J connectivity index is 2.29. The Kier molecular flexibility index (Phi) is 2.93. The minimum atomic E-state index is -0.153. The molecule has 0 aliphatic carbocycles. The van der Waals surface area contributed by atoms with Gasteiger partial charge in [0.15, 0.2) is 0 Å². The summed E-state index contributed by atoms with van der Waals surface area (Å²) in [6, 6.07) is 7.27. The van der Waals surface area contributed by atoms with Gasteiger partial charge in [-0.2, -0.15) is 0 Å². The van der Waals surface area contributed by atoms with E-state index in [1.807, 2.05) is 24.3 Å². The predicted molar refractivity (Wildman–Crippen MR) is 59.5 cm³/mol. The first-order chi connectivity index (χ1) is 7.18. The number of amides is 1. The normalized spacial score (nSPS) is 26.1. The lowest BCUT2D eigenvalue weighted by atomic mass is 9.93. The quantitative estimate of drug-likeness (QED) is 0.762. The number of hydrogen-bond donors (Lipinski definition) is 2. The van der Waals surface area contributed by atoms with Gasteiger partial charge in [0.2, 0.25) is 5.91 Å². The first kappa shape index (κ1) is 10.5. The number of piperidine rings is 1. The van der Waals surface area contributed by atoms with E-state index in [4.69, 9.17) is 17.3 Å². The van der Waals surface area contributed by atoms with Gasteiger partial charge in [-0.3, -0.25) is 4.79 Å². The average molecular weight is 225 g/mol. The second-order valence-electron chi connectivity index (χ2n) is 3.77. The minimum Gasteiger partial charge on any atom is -0.348 e. The molecule has 1 aliphatic rings. The van der Waals surface area contributed by atoms with E-state index in [0.717, 1.165) is 5.56 Å². The van der Waals surface area contributed by atoms with Crippen LogP contribution in [0.15, 0.2) is 24.3 Å². The molecule has 1 saturated heterocycles. The van der Waals surface area contributed by atoms with Crippen molar-refractivity contribution < 1.29 is 4.79 Å². The second kappa shape index (κ2) is 4.21. The van der Waals surface area contributed by atoms with Crippen LogP contribution in [0.5, 0.6) is 0 Å². The van der Waals surface area contributed by atoms with Crippen LogP contribution in [-0.4, -0.2) is 11.9 Å². The zero-order valence-corrected chi connectivity index (χ0v) is 9.00. The van der Waals surface area contributed by atoms with Gasteiger partial charge in [0.1, 0.15) is 0 Å². The molecule has 3 N–H and O–H groups in total. The molecule has 1 aliphatic heterocycles. The summed E-state index contributed by atoms with van der Waals surface area (Å²) in [5.41, 5.74) is 6.87. The Morgan fingerprint density at radius 1 is 1.40 bits per heavy atom. The minimum absolute atomic E-state index is 0.0432. The molecular formula is C11H13ClN2O. The molecule has 1 amide bonds. The fraction of sp³-hybridized carbons (Fsp3) is 0.364. The molecule has 1 heterocycles. The average Bonchev–Trinajstić information content (AvgIpc) is 2.23. The van der Waals surface area contributed by atoms with E-state index in [-0.39, 0.29) is 18.0 Å². The first-order valence-corrected chi connectivity index (χ1v) is 5.35. The molecule has 2 rings (SSSR count). The summed E-state index contributed by atoms with van der Waals surface area (Å²) in [5.74, 6) is 0.0432. The van der Waals surface area contributed by atoms with Crippen molar-refractivity contribution in [3.8, 4) is 0 Å². The van der Waals surface area contributed by atoms with Crippen molar-refractivity contribution in [2.45, 2.75) is 24.9 Å². The molecule has 2 unspecified atom stereocenters. The summed E-state index contributed by atoms with van der Waals surface area (Å²) in [4.78, 5) is 11.3. The van der Waals surface area contributed by atoms with Crippen LogP contribution < -0.4 is 11.1 Å². The molecule has 1 fully saturated rings. The Labute approximate surface area is 93.6 Å². The standard InChI is InChI=1S/C11H13ClN2O/c12-8-4-2-1-3-7(8)11-9(13)5-6-10(15)14-11/h1-4,9,11H,5-6,13H2,(H,14,15). The molecule has 15 heavy (non-hydrogen) atoms. The number of nitrogens with one attached hydrogen (secondary N) is 1. The van der Waals surface area contributed by atoms with E-state index in [9.17, 15) is 4.79 Å². The molecule has 0 radical (unpaired) electrons. The Morgan fingerprint density at radius 3 is 2.87 bits per heavy atom. The molecule has 0 bridgehead atoms. The molecular weight excluding hydrogens is 212 g/mol. The molecule has 0 spiro atoms. The second-order valence-corrected chi connectivity index (χ2v) is 4.18. The van der Waals surface area contributed by atoms with Gasteiger partial charge >= 0.3 is 0 Å². The van der Waals surface area contributed by atoms with Crippen LogP contribution in [-0.2, 0) is 4.79 Å². The SMILES string of the molecule is NC1CCC(=O)NC1c1ccccc1Cl. The molecule has 3 nitrogen and oxygen atoms in total. The Morgan fingerprint density at radius 2 is 2.13 bits per heavy atom. The van der Waals surface area contributed by atoms with Crippen molar-refractivity contribution in [3.05, 3.63) is 34.9 Å². The van der Waals surface area contributed by atoms with E-state index in [2.05, 4.69) is 5.32 Å².